The van der Waals surface area contributed by atoms with E-state index in [-0.39, 0.29) is 47.7 Å². The van der Waals surface area contributed by atoms with E-state index in [1.54, 1.807) is 13.8 Å². The summed E-state index contributed by atoms with van der Waals surface area (Å²) in [4.78, 5) is 77.9. The van der Waals surface area contributed by atoms with Crippen molar-refractivity contribution < 1.29 is 65.9 Å². The van der Waals surface area contributed by atoms with E-state index >= 15 is 0 Å². The highest BCUT2D eigenvalue weighted by Gasteiger charge is 2.56. The molecule has 0 unspecified atom stereocenters. The van der Waals surface area contributed by atoms with Gasteiger partial charge in [0.2, 0.25) is 10.9 Å². The number of aromatic nitrogens is 2. The first kappa shape index (κ1) is 47.7. The summed E-state index contributed by atoms with van der Waals surface area (Å²) < 4.78 is 78.8. The molecule has 0 bridgehead atoms. The first-order valence-electron chi connectivity index (χ1n) is 21.1. The monoisotopic (exact) mass is 924 g/mol. The van der Waals surface area contributed by atoms with Gasteiger partial charge in [-0.3, -0.25) is 28.8 Å². The third-order valence-electron chi connectivity index (χ3n) is 13.0. The van der Waals surface area contributed by atoms with Crippen molar-refractivity contribution in [3.8, 4) is 11.5 Å². The molecule has 0 aliphatic carbocycles. The molecular weight excluding hydrogens is 877 g/mol. The number of pyridine rings is 2. The van der Waals surface area contributed by atoms with Crippen LogP contribution in [0, 0.1) is 34.1 Å². The number of Topliss-reactive ketones (excluding diaryl/α,β-unsaturated/α-hetero) is 2. The van der Waals surface area contributed by atoms with Crippen LogP contribution in [-0.2, 0) is 32.0 Å². The molecule has 0 saturated carbocycles. The molecule has 20 heteroatoms. The minimum atomic E-state index is -1.01. The van der Waals surface area contributed by atoms with Gasteiger partial charge in [0.1, 0.15) is 45.8 Å². The lowest BCUT2D eigenvalue weighted by atomic mass is 9.70. The molecule has 6 heterocycles. The third-order valence-corrected chi connectivity index (χ3v) is 13.0. The van der Waals surface area contributed by atoms with Crippen molar-refractivity contribution in [1.82, 2.24) is 19.8 Å². The standard InChI is InChI=1S/2C23H24F2N2O6/c2*1-23(6-8-32-2)20(30)17-19(29)18(28)14(11-27(17)16-5-7-33-21(16)23)22(31)26-10-12-3-4-13(24)9-15(12)25/h2*3-4,9,11,16,21,29H,5-8,10H2,1-2H3,(H,26,31)/t16-,21+,23+;16-,21+,23-/m00/s1. The molecule has 0 radical (unpaired) electrons. The number of carbonyl (C=O) groups is 4. The summed E-state index contributed by atoms with van der Waals surface area (Å²) in [7, 11) is 3.03. The number of benzene rings is 2. The lowest BCUT2D eigenvalue weighted by Crippen LogP contribution is -2.50. The maximum absolute atomic E-state index is 13.9. The van der Waals surface area contributed by atoms with Crippen molar-refractivity contribution in [1.29, 1.82) is 0 Å². The number of nitrogens with zero attached hydrogens (tertiary/aromatic N) is 2. The van der Waals surface area contributed by atoms with E-state index in [2.05, 4.69) is 10.6 Å². The summed E-state index contributed by atoms with van der Waals surface area (Å²) in [5.41, 5.74) is -5.07. The zero-order valence-corrected chi connectivity index (χ0v) is 36.4. The fraction of sp³-hybridized carbons (Fsp3) is 0.435. The molecule has 0 spiro atoms. The number of carbonyl (C=O) groups excluding carboxylic acids is 4. The van der Waals surface area contributed by atoms with Gasteiger partial charge in [0.25, 0.3) is 11.8 Å². The molecule has 2 saturated heterocycles. The summed E-state index contributed by atoms with van der Waals surface area (Å²) in [6.45, 7) is 4.20. The Labute approximate surface area is 374 Å². The molecule has 4 aromatic rings. The van der Waals surface area contributed by atoms with Gasteiger partial charge in [0.15, 0.2) is 23.1 Å². The zero-order chi connectivity index (χ0) is 47.8. The van der Waals surface area contributed by atoms with Crippen LogP contribution in [0.2, 0.25) is 0 Å². The lowest BCUT2D eigenvalue weighted by molar-refractivity contribution is -0.0224. The molecule has 16 nitrogen and oxygen atoms in total. The molecule has 8 rings (SSSR count). The predicted octanol–water partition coefficient (Wildman–Crippen LogP) is 4.66. The Morgan fingerprint density at radius 1 is 0.682 bits per heavy atom. The fourth-order valence-electron chi connectivity index (χ4n) is 9.29. The highest BCUT2D eigenvalue weighted by molar-refractivity contribution is 6.05. The average molecular weight is 925 g/mol. The Kier molecular flexibility index (Phi) is 13.7. The van der Waals surface area contributed by atoms with Gasteiger partial charge in [-0.15, -0.1) is 0 Å². The summed E-state index contributed by atoms with van der Waals surface area (Å²) >= 11 is 0. The predicted molar refractivity (Wildman–Crippen MR) is 224 cm³/mol. The number of ketones is 2. The summed E-state index contributed by atoms with van der Waals surface area (Å²) in [5.74, 6) is -7.44. The van der Waals surface area contributed by atoms with Crippen LogP contribution in [0.5, 0.6) is 11.5 Å². The largest absolute Gasteiger partial charge is 0.503 e. The molecule has 4 aliphatic rings. The van der Waals surface area contributed by atoms with Gasteiger partial charge < -0.3 is 48.9 Å². The van der Waals surface area contributed by atoms with E-state index in [0.29, 0.717) is 64.2 Å². The van der Waals surface area contributed by atoms with Crippen LogP contribution in [0.3, 0.4) is 0 Å². The van der Waals surface area contributed by atoms with Crippen LogP contribution >= 0.6 is 0 Å². The Hall–Kier alpha value is -6.22. The van der Waals surface area contributed by atoms with E-state index in [1.165, 1.54) is 47.9 Å². The molecule has 4 N–H and O–H groups in total. The molecule has 2 amide bonds. The van der Waals surface area contributed by atoms with Gasteiger partial charge in [-0.05, 0) is 51.7 Å². The second-order valence-electron chi connectivity index (χ2n) is 17.1. The number of hydrogen-bond donors (Lipinski definition) is 4. The van der Waals surface area contributed by atoms with Crippen LogP contribution < -0.4 is 21.5 Å². The van der Waals surface area contributed by atoms with Crippen molar-refractivity contribution in [2.45, 2.75) is 76.9 Å². The molecule has 2 fully saturated rings. The summed E-state index contributed by atoms with van der Waals surface area (Å²) in [6.07, 6.45) is 3.18. The minimum absolute atomic E-state index is 0.0281. The van der Waals surface area contributed by atoms with Crippen LogP contribution in [0.25, 0.3) is 0 Å². The third kappa shape index (κ3) is 8.53. The molecule has 2 aromatic heterocycles. The van der Waals surface area contributed by atoms with Crippen molar-refractivity contribution in [3.05, 3.63) is 126 Å². The van der Waals surface area contributed by atoms with E-state index in [9.17, 15) is 56.5 Å². The molecular formula is C46H48F4N4O12. The Bertz CT molecular complexity index is 2540. The summed E-state index contributed by atoms with van der Waals surface area (Å²) in [5, 5.41) is 26.2. The van der Waals surface area contributed by atoms with E-state index in [0.717, 1.165) is 12.1 Å². The van der Waals surface area contributed by atoms with Gasteiger partial charge in [-0.25, -0.2) is 17.6 Å². The smallest absolute Gasteiger partial charge is 0.257 e. The van der Waals surface area contributed by atoms with Crippen molar-refractivity contribution >= 4 is 23.4 Å². The average Bonchev–Trinajstić information content (AvgIpc) is 4.00. The second-order valence-corrected chi connectivity index (χ2v) is 17.1. The van der Waals surface area contributed by atoms with Gasteiger partial charge >= 0.3 is 0 Å². The normalized spacial score (nSPS) is 23.8. The van der Waals surface area contributed by atoms with Gasteiger partial charge in [-0.1, -0.05) is 12.1 Å². The molecule has 352 valence electrons. The van der Waals surface area contributed by atoms with Crippen molar-refractivity contribution in [3.63, 3.8) is 0 Å². The molecule has 2 aromatic carbocycles. The minimum Gasteiger partial charge on any atom is -0.503 e. The van der Waals surface area contributed by atoms with Crippen LogP contribution in [0.15, 0.2) is 58.4 Å². The van der Waals surface area contributed by atoms with E-state index in [1.807, 2.05) is 0 Å². The number of nitrogens with one attached hydrogen (secondary N) is 2. The Morgan fingerprint density at radius 3 is 1.41 bits per heavy atom. The molecule has 6 atom stereocenters. The SMILES string of the molecule is COCC[C@@]1(C)C(=O)c2c(O)c(=O)c(C(=O)NCc3ccc(F)cc3F)cn2[C@H]2CCO[C@H]21.COCC[C@]1(C)C(=O)c2c(O)c(=O)c(C(=O)NCc3ccc(F)cc3F)cn2[C@H]2CCO[C@H]21. The van der Waals surface area contributed by atoms with Gasteiger partial charge in [0, 0.05) is 89.4 Å². The van der Waals surface area contributed by atoms with E-state index in [4.69, 9.17) is 18.9 Å². The first-order valence-corrected chi connectivity index (χ1v) is 21.1. The maximum atomic E-state index is 13.9. The number of aromatic hydroxyl groups is 2. The number of methoxy groups -OCH3 is 2. The quantitative estimate of drug-likeness (QED) is 0.143. The number of amides is 2. The van der Waals surface area contributed by atoms with Gasteiger partial charge in [-0.2, -0.15) is 0 Å². The van der Waals surface area contributed by atoms with Crippen LogP contribution in [0.4, 0.5) is 17.6 Å². The van der Waals surface area contributed by atoms with E-state index < -0.39 is 103 Å². The van der Waals surface area contributed by atoms with Crippen LogP contribution in [0.1, 0.15) is 104 Å². The van der Waals surface area contributed by atoms with Crippen molar-refractivity contribution in [2.24, 2.45) is 10.8 Å². The van der Waals surface area contributed by atoms with Crippen LogP contribution in [-0.4, -0.2) is 95.6 Å². The number of rotatable bonds is 12. The zero-order valence-electron chi connectivity index (χ0n) is 36.4. The molecule has 4 aliphatic heterocycles. The number of halogens is 4. The lowest BCUT2D eigenvalue weighted by Gasteiger charge is -2.42. The van der Waals surface area contributed by atoms with Crippen molar-refractivity contribution in [2.75, 3.05) is 40.6 Å². The second kappa shape index (κ2) is 18.9. The highest BCUT2D eigenvalue weighted by Crippen LogP contribution is 2.49. The topological polar surface area (TPSA) is 214 Å². The number of ether oxygens (including phenoxy) is 4. The highest BCUT2D eigenvalue weighted by atomic mass is 19.1. The Balaban J connectivity index is 0.000000196. The fourth-order valence-corrected chi connectivity index (χ4v) is 9.29. The first-order chi connectivity index (χ1) is 31.4. The molecule has 66 heavy (non-hydrogen) atoms. The van der Waals surface area contributed by atoms with Gasteiger partial charge in [0.05, 0.1) is 35.1 Å². The number of fused-ring (bicyclic) bond motifs is 6. The maximum Gasteiger partial charge on any atom is 0.257 e. The number of hydrogen-bond acceptors (Lipinski definition) is 12. The Morgan fingerprint density at radius 2 is 1.06 bits per heavy atom. The summed E-state index contributed by atoms with van der Waals surface area (Å²) in [6, 6.07) is 5.11.